The van der Waals surface area contributed by atoms with Gasteiger partial charge in [0, 0.05) is 24.1 Å². The lowest BCUT2D eigenvalue weighted by Crippen LogP contribution is -2.40. The second-order valence-electron chi connectivity index (χ2n) is 7.85. The van der Waals surface area contributed by atoms with Crippen molar-refractivity contribution in [3.63, 3.8) is 0 Å². The standard InChI is InChI=1S/C24H30BrN3O2/c1-2-3-13-26-24(30)21-11-4-5-12-22(21)27-23(29)19-9-7-14-28(17-19)16-18-8-6-10-20(25)15-18/h4-6,8,10-12,15,19H,2-3,7,9,13-14,16-17H2,1H3,(H,26,30)(H,27,29). The first kappa shape index (κ1) is 22.5. The number of carbonyl (C=O) groups excluding carboxylic acids is 2. The Balaban J connectivity index is 1.61. The average molecular weight is 472 g/mol. The molecule has 5 nitrogen and oxygen atoms in total. The molecule has 0 saturated carbocycles. The van der Waals surface area contributed by atoms with Crippen LogP contribution in [0.2, 0.25) is 0 Å². The number of rotatable bonds is 8. The molecule has 0 spiro atoms. The number of hydrogen-bond acceptors (Lipinski definition) is 3. The number of likely N-dealkylation sites (tertiary alicyclic amines) is 1. The summed E-state index contributed by atoms with van der Waals surface area (Å²) in [5, 5.41) is 5.94. The number of nitrogens with zero attached hydrogens (tertiary/aromatic N) is 1. The first-order valence-electron chi connectivity index (χ1n) is 10.7. The number of unbranched alkanes of at least 4 members (excludes halogenated alkanes) is 1. The minimum atomic E-state index is -0.140. The van der Waals surface area contributed by atoms with Crippen molar-refractivity contribution in [2.45, 2.75) is 39.2 Å². The SMILES string of the molecule is CCCCNC(=O)c1ccccc1NC(=O)C1CCCN(Cc2cccc(Br)c2)C1. The van der Waals surface area contributed by atoms with Gasteiger partial charge in [0.15, 0.2) is 0 Å². The summed E-state index contributed by atoms with van der Waals surface area (Å²) in [5.41, 5.74) is 2.34. The minimum Gasteiger partial charge on any atom is -0.352 e. The molecule has 1 heterocycles. The Morgan fingerprint density at radius 3 is 2.80 bits per heavy atom. The minimum absolute atomic E-state index is 0.0113. The van der Waals surface area contributed by atoms with Crippen LogP contribution in [0, 0.1) is 5.92 Å². The molecule has 0 bridgehead atoms. The molecule has 30 heavy (non-hydrogen) atoms. The largest absolute Gasteiger partial charge is 0.352 e. The fourth-order valence-electron chi connectivity index (χ4n) is 3.81. The Hall–Kier alpha value is -2.18. The van der Waals surface area contributed by atoms with Crippen LogP contribution in [-0.4, -0.2) is 36.3 Å². The number of para-hydroxylation sites is 1. The number of halogens is 1. The van der Waals surface area contributed by atoms with Crippen molar-refractivity contribution in [3.8, 4) is 0 Å². The summed E-state index contributed by atoms with van der Waals surface area (Å²) in [5.74, 6) is -0.232. The Labute approximate surface area is 187 Å². The summed E-state index contributed by atoms with van der Waals surface area (Å²) in [6.07, 6.45) is 3.82. The van der Waals surface area contributed by atoms with Gasteiger partial charge in [0.2, 0.25) is 5.91 Å². The Morgan fingerprint density at radius 2 is 2.00 bits per heavy atom. The molecule has 6 heteroatoms. The van der Waals surface area contributed by atoms with E-state index in [1.807, 2.05) is 24.3 Å². The summed E-state index contributed by atoms with van der Waals surface area (Å²) in [6.45, 7) is 5.28. The monoisotopic (exact) mass is 471 g/mol. The highest BCUT2D eigenvalue weighted by Crippen LogP contribution is 2.23. The second-order valence-corrected chi connectivity index (χ2v) is 8.76. The van der Waals surface area contributed by atoms with E-state index in [2.05, 4.69) is 50.5 Å². The number of benzene rings is 2. The van der Waals surface area contributed by atoms with E-state index in [1.165, 1.54) is 5.56 Å². The van der Waals surface area contributed by atoms with Crippen LogP contribution in [0.1, 0.15) is 48.5 Å². The van der Waals surface area contributed by atoms with Crippen LogP contribution in [0.5, 0.6) is 0 Å². The van der Waals surface area contributed by atoms with Gasteiger partial charge < -0.3 is 10.6 Å². The van der Waals surface area contributed by atoms with E-state index in [0.717, 1.165) is 49.8 Å². The third-order valence-corrected chi connectivity index (χ3v) is 5.91. The van der Waals surface area contributed by atoms with Crippen LogP contribution in [0.4, 0.5) is 5.69 Å². The molecule has 1 atom stereocenters. The zero-order valence-electron chi connectivity index (χ0n) is 17.5. The maximum absolute atomic E-state index is 13.0. The summed E-state index contributed by atoms with van der Waals surface area (Å²) in [7, 11) is 0. The van der Waals surface area contributed by atoms with Crippen LogP contribution >= 0.6 is 15.9 Å². The fourth-order valence-corrected chi connectivity index (χ4v) is 4.25. The smallest absolute Gasteiger partial charge is 0.253 e. The van der Waals surface area contributed by atoms with E-state index < -0.39 is 0 Å². The molecule has 0 aliphatic carbocycles. The maximum Gasteiger partial charge on any atom is 0.253 e. The first-order chi connectivity index (χ1) is 14.6. The molecule has 0 aromatic heterocycles. The molecular formula is C24H30BrN3O2. The van der Waals surface area contributed by atoms with Gasteiger partial charge >= 0.3 is 0 Å². The number of carbonyl (C=O) groups is 2. The predicted molar refractivity (Wildman–Crippen MR) is 124 cm³/mol. The molecule has 2 aromatic rings. The third kappa shape index (κ3) is 6.41. The molecule has 0 radical (unpaired) electrons. The Kier molecular flexibility index (Phi) is 8.46. The van der Waals surface area contributed by atoms with Gasteiger partial charge in [-0.15, -0.1) is 0 Å². The van der Waals surface area contributed by atoms with E-state index in [0.29, 0.717) is 17.8 Å². The highest BCUT2D eigenvalue weighted by molar-refractivity contribution is 9.10. The molecule has 3 rings (SSSR count). The Morgan fingerprint density at radius 1 is 1.17 bits per heavy atom. The van der Waals surface area contributed by atoms with Crippen molar-refractivity contribution >= 4 is 33.4 Å². The van der Waals surface area contributed by atoms with Crippen molar-refractivity contribution in [1.29, 1.82) is 0 Å². The van der Waals surface area contributed by atoms with Crippen LogP contribution in [0.3, 0.4) is 0 Å². The zero-order chi connectivity index (χ0) is 21.3. The molecule has 2 amide bonds. The van der Waals surface area contributed by atoms with Gasteiger partial charge in [-0.05, 0) is 55.6 Å². The van der Waals surface area contributed by atoms with E-state index >= 15 is 0 Å². The van der Waals surface area contributed by atoms with Crippen molar-refractivity contribution in [1.82, 2.24) is 10.2 Å². The quantitative estimate of drug-likeness (QED) is 0.541. The number of amides is 2. The number of anilines is 1. The van der Waals surface area contributed by atoms with Gasteiger partial charge in [0.1, 0.15) is 0 Å². The zero-order valence-corrected chi connectivity index (χ0v) is 19.1. The predicted octanol–water partition coefficient (Wildman–Crippen LogP) is 4.83. The van der Waals surface area contributed by atoms with Crippen molar-refractivity contribution < 1.29 is 9.59 Å². The second kappa shape index (κ2) is 11.3. The molecule has 2 aromatic carbocycles. The molecule has 1 unspecified atom stereocenters. The van der Waals surface area contributed by atoms with E-state index in [1.54, 1.807) is 12.1 Å². The summed E-state index contributed by atoms with van der Waals surface area (Å²) in [6, 6.07) is 15.5. The normalized spacial score (nSPS) is 16.8. The van der Waals surface area contributed by atoms with E-state index in [4.69, 9.17) is 0 Å². The third-order valence-electron chi connectivity index (χ3n) is 5.42. The topological polar surface area (TPSA) is 61.4 Å². The van der Waals surface area contributed by atoms with Crippen LogP contribution < -0.4 is 10.6 Å². The van der Waals surface area contributed by atoms with Crippen molar-refractivity contribution in [3.05, 3.63) is 64.1 Å². The summed E-state index contributed by atoms with van der Waals surface area (Å²) >= 11 is 3.52. The summed E-state index contributed by atoms with van der Waals surface area (Å²) < 4.78 is 1.07. The molecule has 2 N–H and O–H groups in total. The van der Waals surface area contributed by atoms with Crippen molar-refractivity contribution in [2.24, 2.45) is 5.92 Å². The van der Waals surface area contributed by atoms with E-state index in [9.17, 15) is 9.59 Å². The lowest BCUT2D eigenvalue weighted by atomic mass is 9.96. The molecule has 1 aliphatic rings. The van der Waals surface area contributed by atoms with Gasteiger partial charge in [-0.25, -0.2) is 0 Å². The number of nitrogens with one attached hydrogen (secondary N) is 2. The fraction of sp³-hybridized carbons (Fsp3) is 0.417. The number of piperidine rings is 1. The van der Waals surface area contributed by atoms with Gasteiger partial charge in [0.05, 0.1) is 17.2 Å². The molecule has 1 saturated heterocycles. The molecule has 1 aliphatic heterocycles. The lowest BCUT2D eigenvalue weighted by Gasteiger charge is -2.32. The van der Waals surface area contributed by atoms with Gasteiger partial charge in [-0.1, -0.05) is 53.5 Å². The average Bonchev–Trinajstić information content (AvgIpc) is 2.74. The first-order valence-corrected chi connectivity index (χ1v) is 11.5. The lowest BCUT2D eigenvalue weighted by molar-refractivity contribution is -0.121. The summed E-state index contributed by atoms with van der Waals surface area (Å²) in [4.78, 5) is 27.8. The van der Waals surface area contributed by atoms with Crippen LogP contribution in [-0.2, 0) is 11.3 Å². The highest BCUT2D eigenvalue weighted by Gasteiger charge is 2.26. The molecule has 1 fully saturated rings. The Bertz CT molecular complexity index is 871. The number of hydrogen-bond donors (Lipinski definition) is 2. The van der Waals surface area contributed by atoms with Crippen molar-refractivity contribution in [2.75, 3.05) is 25.0 Å². The van der Waals surface area contributed by atoms with Gasteiger partial charge in [0.25, 0.3) is 5.91 Å². The van der Waals surface area contributed by atoms with Gasteiger partial charge in [-0.3, -0.25) is 14.5 Å². The van der Waals surface area contributed by atoms with Crippen LogP contribution in [0.15, 0.2) is 53.0 Å². The maximum atomic E-state index is 13.0. The van der Waals surface area contributed by atoms with Gasteiger partial charge in [-0.2, -0.15) is 0 Å². The van der Waals surface area contributed by atoms with Crippen LogP contribution in [0.25, 0.3) is 0 Å². The molecular weight excluding hydrogens is 442 g/mol. The van der Waals surface area contributed by atoms with E-state index in [-0.39, 0.29) is 17.7 Å². The molecule has 160 valence electrons. The highest BCUT2D eigenvalue weighted by atomic mass is 79.9.